The van der Waals surface area contributed by atoms with Crippen molar-refractivity contribution in [2.75, 3.05) is 0 Å². The molecule has 0 bridgehead atoms. The van der Waals surface area contributed by atoms with Gasteiger partial charge in [-0.25, -0.2) is 0 Å². The van der Waals surface area contributed by atoms with Crippen molar-refractivity contribution in [3.63, 3.8) is 0 Å². The van der Waals surface area contributed by atoms with Crippen LogP contribution in [-0.4, -0.2) is 5.78 Å². The smallest absolute Gasteiger partial charge is 0.138 e. The molecule has 2 aromatic carbocycles. The van der Waals surface area contributed by atoms with Gasteiger partial charge >= 0.3 is 0 Å². The summed E-state index contributed by atoms with van der Waals surface area (Å²) in [6.45, 7) is 0. The number of rotatable bonds is 1. The van der Waals surface area contributed by atoms with Crippen molar-refractivity contribution in [1.29, 1.82) is 0 Å². The lowest BCUT2D eigenvalue weighted by Crippen LogP contribution is -2.19. The fraction of sp³-hybridized carbons (Fsp3) is 0.188. The Kier molecular flexibility index (Phi) is 2.92. The van der Waals surface area contributed by atoms with Crippen molar-refractivity contribution in [1.82, 2.24) is 0 Å². The molecule has 0 saturated heterocycles. The third-order valence-corrected chi connectivity index (χ3v) is 3.77. The molecule has 18 heavy (non-hydrogen) atoms. The molecule has 0 radical (unpaired) electrons. The van der Waals surface area contributed by atoms with Gasteiger partial charge in [-0.15, -0.1) is 0 Å². The Balaban J connectivity index is 2.07. The number of ketones is 1. The first-order chi connectivity index (χ1) is 8.74. The van der Waals surface area contributed by atoms with Gasteiger partial charge in [0.1, 0.15) is 5.78 Å². The van der Waals surface area contributed by atoms with Gasteiger partial charge in [-0.2, -0.15) is 0 Å². The number of halogens is 1. The lowest BCUT2D eigenvalue weighted by molar-refractivity contribution is -0.119. The lowest BCUT2D eigenvalue weighted by Gasteiger charge is -2.25. The van der Waals surface area contributed by atoms with Crippen LogP contribution < -0.4 is 0 Å². The van der Waals surface area contributed by atoms with Crippen molar-refractivity contribution >= 4 is 17.4 Å². The average Bonchev–Trinajstić information content (AvgIpc) is 2.38. The van der Waals surface area contributed by atoms with Gasteiger partial charge < -0.3 is 0 Å². The second kappa shape index (κ2) is 4.58. The summed E-state index contributed by atoms with van der Waals surface area (Å²) in [5.41, 5.74) is 3.60. The van der Waals surface area contributed by atoms with E-state index >= 15 is 0 Å². The molecule has 0 saturated carbocycles. The standard InChI is InChI=1S/C16H13ClO/c17-13-7-5-11(6-8-13)16-10-14(18)9-12-3-1-2-4-15(12)16/h1-8,16H,9-10H2. The Morgan fingerprint density at radius 2 is 1.72 bits per heavy atom. The molecule has 1 atom stereocenters. The van der Waals surface area contributed by atoms with E-state index in [0.29, 0.717) is 18.6 Å². The Morgan fingerprint density at radius 3 is 2.50 bits per heavy atom. The van der Waals surface area contributed by atoms with Gasteiger partial charge in [-0.1, -0.05) is 48.0 Å². The van der Waals surface area contributed by atoms with Gasteiger partial charge in [0.25, 0.3) is 0 Å². The van der Waals surface area contributed by atoms with Gasteiger partial charge in [-0.3, -0.25) is 4.79 Å². The van der Waals surface area contributed by atoms with E-state index in [9.17, 15) is 4.79 Å². The van der Waals surface area contributed by atoms with Crippen LogP contribution in [0, 0.1) is 0 Å². The zero-order valence-corrected chi connectivity index (χ0v) is 10.7. The summed E-state index contributed by atoms with van der Waals surface area (Å²) in [6, 6.07) is 16.0. The highest BCUT2D eigenvalue weighted by Crippen LogP contribution is 2.35. The van der Waals surface area contributed by atoms with Crippen molar-refractivity contribution in [3.05, 3.63) is 70.2 Å². The van der Waals surface area contributed by atoms with E-state index in [4.69, 9.17) is 11.6 Å². The highest BCUT2D eigenvalue weighted by molar-refractivity contribution is 6.30. The molecular formula is C16H13ClO. The van der Waals surface area contributed by atoms with Gasteiger partial charge in [-0.05, 0) is 28.8 Å². The molecule has 3 rings (SSSR count). The van der Waals surface area contributed by atoms with Gasteiger partial charge in [0, 0.05) is 23.8 Å². The monoisotopic (exact) mass is 256 g/mol. The van der Waals surface area contributed by atoms with Gasteiger partial charge in [0.2, 0.25) is 0 Å². The summed E-state index contributed by atoms with van der Waals surface area (Å²) >= 11 is 5.91. The molecule has 0 amide bonds. The Labute approximate surface area is 111 Å². The van der Waals surface area contributed by atoms with E-state index in [1.54, 1.807) is 0 Å². The van der Waals surface area contributed by atoms with Gasteiger partial charge in [0.05, 0.1) is 0 Å². The third-order valence-electron chi connectivity index (χ3n) is 3.52. The number of carbonyl (C=O) groups is 1. The number of hydrogen-bond donors (Lipinski definition) is 0. The van der Waals surface area contributed by atoms with E-state index < -0.39 is 0 Å². The molecular weight excluding hydrogens is 244 g/mol. The van der Waals surface area contributed by atoms with Crippen LogP contribution in [0.2, 0.25) is 5.02 Å². The highest BCUT2D eigenvalue weighted by atomic mass is 35.5. The summed E-state index contributed by atoms with van der Waals surface area (Å²) in [7, 11) is 0. The zero-order chi connectivity index (χ0) is 12.5. The van der Waals surface area contributed by atoms with Crippen LogP contribution in [0.25, 0.3) is 0 Å². The second-order valence-corrected chi connectivity index (χ2v) is 5.16. The van der Waals surface area contributed by atoms with Crippen LogP contribution in [-0.2, 0) is 11.2 Å². The predicted molar refractivity (Wildman–Crippen MR) is 73.1 cm³/mol. The first-order valence-electron chi connectivity index (χ1n) is 6.09. The van der Waals surface area contributed by atoms with Crippen LogP contribution in [0.3, 0.4) is 0 Å². The predicted octanol–water partition coefficient (Wildman–Crippen LogP) is 3.99. The second-order valence-electron chi connectivity index (χ2n) is 4.72. The van der Waals surface area contributed by atoms with Crippen LogP contribution in [0.5, 0.6) is 0 Å². The minimum absolute atomic E-state index is 0.180. The maximum Gasteiger partial charge on any atom is 0.138 e. The quantitative estimate of drug-likeness (QED) is 0.754. The molecule has 1 aliphatic carbocycles. The van der Waals surface area contributed by atoms with Crippen LogP contribution in [0.1, 0.15) is 29.0 Å². The molecule has 2 heteroatoms. The number of hydrogen-bond acceptors (Lipinski definition) is 1. The topological polar surface area (TPSA) is 17.1 Å². The molecule has 0 aromatic heterocycles. The summed E-state index contributed by atoms with van der Waals surface area (Å²) < 4.78 is 0. The van der Waals surface area contributed by atoms with E-state index in [-0.39, 0.29) is 5.92 Å². The Morgan fingerprint density at radius 1 is 1.00 bits per heavy atom. The maximum atomic E-state index is 11.9. The lowest BCUT2D eigenvalue weighted by atomic mass is 9.78. The molecule has 0 N–H and O–H groups in total. The van der Waals surface area contributed by atoms with Gasteiger partial charge in [0.15, 0.2) is 0 Å². The highest BCUT2D eigenvalue weighted by Gasteiger charge is 2.25. The van der Waals surface area contributed by atoms with E-state index in [0.717, 1.165) is 10.6 Å². The normalized spacial score (nSPS) is 18.5. The largest absolute Gasteiger partial charge is 0.299 e. The van der Waals surface area contributed by atoms with Crippen molar-refractivity contribution in [2.45, 2.75) is 18.8 Å². The first-order valence-corrected chi connectivity index (χ1v) is 6.47. The molecule has 0 aliphatic heterocycles. The van der Waals surface area contributed by atoms with E-state index in [1.165, 1.54) is 11.1 Å². The van der Waals surface area contributed by atoms with Crippen LogP contribution in [0.4, 0.5) is 0 Å². The summed E-state index contributed by atoms with van der Waals surface area (Å²) in [6.07, 6.45) is 1.17. The van der Waals surface area contributed by atoms with Crippen molar-refractivity contribution in [2.24, 2.45) is 0 Å². The van der Waals surface area contributed by atoms with Crippen molar-refractivity contribution < 1.29 is 4.79 Å². The SMILES string of the molecule is O=C1Cc2ccccc2C(c2ccc(Cl)cc2)C1. The zero-order valence-electron chi connectivity index (χ0n) is 9.90. The molecule has 1 nitrogen and oxygen atoms in total. The maximum absolute atomic E-state index is 11.9. The first kappa shape index (κ1) is 11.5. The molecule has 90 valence electrons. The van der Waals surface area contributed by atoms with Crippen LogP contribution in [0.15, 0.2) is 48.5 Å². The number of Topliss-reactive ketones (excluding diaryl/α,β-unsaturated/α-hetero) is 1. The summed E-state index contributed by atoms with van der Waals surface area (Å²) in [5.74, 6) is 0.494. The van der Waals surface area contributed by atoms with E-state index in [1.807, 2.05) is 36.4 Å². The summed E-state index contributed by atoms with van der Waals surface area (Å²) in [4.78, 5) is 11.9. The Hall–Kier alpha value is -1.60. The fourth-order valence-corrected chi connectivity index (χ4v) is 2.78. The number of fused-ring (bicyclic) bond motifs is 1. The minimum atomic E-state index is 0.180. The van der Waals surface area contributed by atoms with E-state index in [2.05, 4.69) is 12.1 Å². The molecule has 1 aliphatic rings. The molecule has 2 aromatic rings. The third kappa shape index (κ3) is 2.06. The minimum Gasteiger partial charge on any atom is -0.299 e. The Bertz CT molecular complexity index is 586. The molecule has 0 spiro atoms. The van der Waals surface area contributed by atoms with Crippen molar-refractivity contribution in [3.8, 4) is 0 Å². The number of carbonyl (C=O) groups excluding carboxylic acids is 1. The molecule has 0 fully saturated rings. The van der Waals surface area contributed by atoms with Crippen LogP contribution >= 0.6 is 11.6 Å². The number of benzene rings is 2. The molecule has 0 heterocycles. The summed E-state index contributed by atoms with van der Waals surface area (Å²) in [5, 5.41) is 0.731. The average molecular weight is 257 g/mol. The fourth-order valence-electron chi connectivity index (χ4n) is 2.65. The molecule has 1 unspecified atom stereocenters.